The molecule has 1 saturated carbocycles. The third kappa shape index (κ3) is 9.95. The molecule has 0 bridgehead atoms. The molecule has 4 nitrogen and oxygen atoms in total. The van der Waals surface area contributed by atoms with Crippen LogP contribution < -0.4 is 0 Å². The standard InChI is InChI=1S/C21H34O4/c1-19-7-9-21(10-8-19)18-25-16-14-23-12-11-22-13-15-24-17-20-5-3-2-4-6-20/h2-6,19,21H,7-18H2,1H3. The highest BCUT2D eigenvalue weighted by Gasteiger charge is 2.17. The van der Waals surface area contributed by atoms with Gasteiger partial charge in [-0.1, -0.05) is 50.1 Å². The largest absolute Gasteiger partial charge is 0.379 e. The maximum absolute atomic E-state index is 5.72. The Labute approximate surface area is 152 Å². The summed E-state index contributed by atoms with van der Waals surface area (Å²) in [6.07, 6.45) is 5.36. The van der Waals surface area contributed by atoms with E-state index in [0.717, 1.165) is 18.4 Å². The van der Waals surface area contributed by atoms with Crippen molar-refractivity contribution in [2.24, 2.45) is 11.8 Å². The van der Waals surface area contributed by atoms with Gasteiger partial charge < -0.3 is 18.9 Å². The summed E-state index contributed by atoms with van der Waals surface area (Å²) in [4.78, 5) is 0. The summed E-state index contributed by atoms with van der Waals surface area (Å²) < 4.78 is 22.3. The van der Waals surface area contributed by atoms with E-state index < -0.39 is 0 Å². The van der Waals surface area contributed by atoms with E-state index in [9.17, 15) is 0 Å². The van der Waals surface area contributed by atoms with Gasteiger partial charge in [-0.2, -0.15) is 0 Å². The lowest BCUT2D eigenvalue weighted by atomic mass is 9.83. The third-order valence-electron chi connectivity index (χ3n) is 4.72. The Bertz CT molecular complexity index is 415. The molecule has 0 aromatic heterocycles. The Morgan fingerprint density at radius 2 is 1.28 bits per heavy atom. The number of ether oxygens (including phenoxy) is 4. The quantitative estimate of drug-likeness (QED) is 0.502. The Morgan fingerprint density at radius 3 is 1.92 bits per heavy atom. The van der Waals surface area contributed by atoms with Crippen molar-refractivity contribution >= 4 is 0 Å². The number of hydrogen-bond acceptors (Lipinski definition) is 4. The Morgan fingerprint density at radius 1 is 0.720 bits per heavy atom. The topological polar surface area (TPSA) is 36.9 Å². The summed E-state index contributed by atoms with van der Waals surface area (Å²) in [7, 11) is 0. The van der Waals surface area contributed by atoms with E-state index in [1.807, 2.05) is 18.2 Å². The van der Waals surface area contributed by atoms with Gasteiger partial charge in [0, 0.05) is 6.61 Å². The van der Waals surface area contributed by atoms with E-state index in [0.29, 0.717) is 46.2 Å². The predicted octanol–water partition coefficient (Wildman–Crippen LogP) is 4.08. The smallest absolute Gasteiger partial charge is 0.0718 e. The molecule has 142 valence electrons. The van der Waals surface area contributed by atoms with Gasteiger partial charge in [-0.15, -0.1) is 0 Å². The minimum absolute atomic E-state index is 0.604. The summed E-state index contributed by atoms with van der Waals surface area (Å²) in [5.74, 6) is 1.67. The molecule has 2 rings (SSSR count). The maximum Gasteiger partial charge on any atom is 0.0718 e. The zero-order valence-corrected chi connectivity index (χ0v) is 15.7. The Kier molecular flexibility index (Phi) is 10.8. The van der Waals surface area contributed by atoms with Crippen molar-refractivity contribution in [3.8, 4) is 0 Å². The van der Waals surface area contributed by atoms with Crippen LogP contribution in [0.15, 0.2) is 30.3 Å². The monoisotopic (exact) mass is 350 g/mol. The predicted molar refractivity (Wildman–Crippen MR) is 99.7 cm³/mol. The molecule has 1 aliphatic carbocycles. The van der Waals surface area contributed by atoms with Gasteiger partial charge >= 0.3 is 0 Å². The highest BCUT2D eigenvalue weighted by atomic mass is 16.6. The summed E-state index contributed by atoms with van der Waals surface area (Å²) in [6, 6.07) is 10.2. The number of hydrogen-bond donors (Lipinski definition) is 0. The summed E-state index contributed by atoms with van der Waals surface area (Å²) >= 11 is 0. The molecule has 1 aliphatic rings. The fraction of sp³-hybridized carbons (Fsp3) is 0.714. The molecular formula is C21H34O4. The highest BCUT2D eigenvalue weighted by Crippen LogP contribution is 2.28. The molecule has 0 atom stereocenters. The molecule has 0 spiro atoms. The summed E-state index contributed by atoms with van der Waals surface area (Å²) in [6.45, 7) is 7.65. The van der Waals surface area contributed by atoms with Crippen molar-refractivity contribution < 1.29 is 18.9 Å². The average molecular weight is 350 g/mol. The van der Waals surface area contributed by atoms with E-state index >= 15 is 0 Å². The average Bonchev–Trinajstić information content (AvgIpc) is 2.65. The van der Waals surface area contributed by atoms with Gasteiger partial charge in [0.25, 0.3) is 0 Å². The second-order valence-corrected chi connectivity index (χ2v) is 6.96. The Hall–Kier alpha value is -0.940. The molecule has 0 aliphatic heterocycles. The molecule has 0 amide bonds. The first-order valence-corrected chi connectivity index (χ1v) is 9.69. The van der Waals surface area contributed by atoms with Crippen molar-refractivity contribution in [1.82, 2.24) is 0 Å². The molecule has 0 unspecified atom stereocenters. The minimum atomic E-state index is 0.604. The van der Waals surface area contributed by atoms with Gasteiger partial charge in [0.15, 0.2) is 0 Å². The van der Waals surface area contributed by atoms with Gasteiger partial charge in [0.05, 0.1) is 46.2 Å². The lowest BCUT2D eigenvalue weighted by Gasteiger charge is -2.25. The Balaban J connectivity index is 1.29. The first-order valence-electron chi connectivity index (χ1n) is 9.69. The second-order valence-electron chi connectivity index (χ2n) is 6.96. The van der Waals surface area contributed by atoms with Gasteiger partial charge in [0.2, 0.25) is 0 Å². The van der Waals surface area contributed by atoms with E-state index in [1.165, 1.54) is 31.2 Å². The van der Waals surface area contributed by atoms with Crippen LogP contribution in [0.1, 0.15) is 38.2 Å². The van der Waals surface area contributed by atoms with Crippen LogP contribution in [-0.2, 0) is 25.6 Å². The lowest BCUT2D eigenvalue weighted by Crippen LogP contribution is -2.19. The van der Waals surface area contributed by atoms with Crippen LogP contribution in [0.5, 0.6) is 0 Å². The lowest BCUT2D eigenvalue weighted by molar-refractivity contribution is -0.00995. The molecule has 1 aromatic rings. The van der Waals surface area contributed by atoms with Gasteiger partial charge in [-0.3, -0.25) is 0 Å². The van der Waals surface area contributed by atoms with Crippen LogP contribution in [-0.4, -0.2) is 46.2 Å². The molecular weight excluding hydrogens is 316 g/mol. The first-order chi connectivity index (χ1) is 12.3. The maximum atomic E-state index is 5.72. The van der Waals surface area contributed by atoms with Gasteiger partial charge in [0.1, 0.15) is 0 Å². The molecule has 0 heterocycles. The zero-order valence-electron chi connectivity index (χ0n) is 15.7. The molecule has 0 saturated heterocycles. The first kappa shape index (κ1) is 20.4. The van der Waals surface area contributed by atoms with Crippen molar-refractivity contribution in [2.75, 3.05) is 46.2 Å². The van der Waals surface area contributed by atoms with Crippen molar-refractivity contribution in [3.05, 3.63) is 35.9 Å². The SMILES string of the molecule is CC1CCC(COCCOCCOCCOCc2ccccc2)CC1. The summed E-state index contributed by atoms with van der Waals surface area (Å²) in [5.41, 5.74) is 1.19. The van der Waals surface area contributed by atoms with E-state index in [1.54, 1.807) is 0 Å². The third-order valence-corrected chi connectivity index (χ3v) is 4.72. The van der Waals surface area contributed by atoms with E-state index in [2.05, 4.69) is 19.1 Å². The molecule has 1 aromatic carbocycles. The van der Waals surface area contributed by atoms with Crippen LogP contribution in [0.4, 0.5) is 0 Å². The van der Waals surface area contributed by atoms with Gasteiger partial charge in [-0.25, -0.2) is 0 Å². The molecule has 0 N–H and O–H groups in total. The number of rotatable bonds is 13. The normalized spacial score (nSPS) is 20.7. The van der Waals surface area contributed by atoms with E-state index in [4.69, 9.17) is 18.9 Å². The number of benzene rings is 1. The van der Waals surface area contributed by atoms with Crippen LogP contribution in [0, 0.1) is 11.8 Å². The van der Waals surface area contributed by atoms with Crippen molar-refractivity contribution in [2.45, 2.75) is 39.2 Å². The highest BCUT2D eigenvalue weighted by molar-refractivity contribution is 5.13. The van der Waals surface area contributed by atoms with Crippen LogP contribution in [0.25, 0.3) is 0 Å². The molecule has 4 heteroatoms. The fourth-order valence-corrected chi connectivity index (χ4v) is 3.07. The van der Waals surface area contributed by atoms with E-state index in [-0.39, 0.29) is 0 Å². The molecule has 1 fully saturated rings. The zero-order chi connectivity index (χ0) is 17.6. The van der Waals surface area contributed by atoms with Crippen LogP contribution in [0.2, 0.25) is 0 Å². The fourth-order valence-electron chi connectivity index (χ4n) is 3.07. The minimum Gasteiger partial charge on any atom is -0.379 e. The van der Waals surface area contributed by atoms with Crippen LogP contribution >= 0.6 is 0 Å². The molecule has 0 radical (unpaired) electrons. The summed E-state index contributed by atoms with van der Waals surface area (Å²) in [5, 5.41) is 0. The van der Waals surface area contributed by atoms with Gasteiger partial charge in [-0.05, 0) is 30.2 Å². The second kappa shape index (κ2) is 13.3. The van der Waals surface area contributed by atoms with Crippen molar-refractivity contribution in [3.63, 3.8) is 0 Å². The van der Waals surface area contributed by atoms with Crippen molar-refractivity contribution in [1.29, 1.82) is 0 Å². The molecule has 25 heavy (non-hydrogen) atoms. The van der Waals surface area contributed by atoms with Crippen LogP contribution in [0.3, 0.4) is 0 Å².